The van der Waals surface area contributed by atoms with Crippen molar-refractivity contribution >= 4 is 57.4 Å². The van der Waals surface area contributed by atoms with Gasteiger partial charge in [0.05, 0.1) is 5.69 Å². The van der Waals surface area contributed by atoms with Crippen molar-refractivity contribution in [1.29, 1.82) is 0 Å². The first-order valence-electron chi connectivity index (χ1n) is 11.1. The molecule has 0 saturated heterocycles. The minimum absolute atomic E-state index is 0.0310. The van der Waals surface area contributed by atoms with Gasteiger partial charge in [-0.1, -0.05) is 53.5 Å². The fourth-order valence-electron chi connectivity index (χ4n) is 4.20. The molecule has 1 heterocycles. The van der Waals surface area contributed by atoms with Crippen molar-refractivity contribution in [3.8, 4) is 0 Å². The lowest BCUT2D eigenvalue weighted by molar-refractivity contribution is -0.139. The van der Waals surface area contributed by atoms with Gasteiger partial charge in [-0.05, 0) is 50.4 Å². The zero-order chi connectivity index (χ0) is 24.6. The van der Waals surface area contributed by atoms with Gasteiger partial charge >= 0.3 is 0 Å². The van der Waals surface area contributed by atoms with Gasteiger partial charge in [0.2, 0.25) is 11.8 Å². The van der Waals surface area contributed by atoms with E-state index in [4.69, 9.17) is 23.2 Å². The fraction of sp³-hybridized carbons (Fsp3) is 0.269. The zero-order valence-corrected chi connectivity index (χ0v) is 20.7. The van der Waals surface area contributed by atoms with Crippen LogP contribution in [-0.2, 0) is 16.1 Å². The number of nitrogens with one attached hydrogen (secondary N) is 1. The molecule has 0 spiro atoms. The normalized spacial score (nSPS) is 13.5. The maximum absolute atomic E-state index is 13.6. The van der Waals surface area contributed by atoms with Gasteiger partial charge in [-0.25, -0.2) is 0 Å². The van der Waals surface area contributed by atoms with Crippen LogP contribution in [0.4, 0.5) is 5.69 Å². The Balaban J connectivity index is 1.66. The van der Waals surface area contributed by atoms with Gasteiger partial charge in [-0.2, -0.15) is 0 Å². The van der Waals surface area contributed by atoms with Gasteiger partial charge in [0.1, 0.15) is 12.6 Å². The summed E-state index contributed by atoms with van der Waals surface area (Å²) in [6.07, 6.45) is 0. The summed E-state index contributed by atoms with van der Waals surface area (Å²) in [7, 11) is 0. The molecule has 0 saturated carbocycles. The number of carbonyl (C=O) groups excluding carboxylic acids is 3. The third kappa shape index (κ3) is 4.48. The maximum atomic E-state index is 13.6. The number of nitrogens with zero attached hydrogens (tertiary/aromatic N) is 2. The van der Waals surface area contributed by atoms with Gasteiger partial charge in [-0.3, -0.25) is 19.3 Å². The Morgan fingerprint density at radius 1 is 0.971 bits per heavy atom. The molecule has 0 aliphatic carbocycles. The fourth-order valence-corrected chi connectivity index (χ4v) is 4.72. The molecule has 4 rings (SSSR count). The quantitative estimate of drug-likeness (QED) is 0.496. The van der Waals surface area contributed by atoms with E-state index in [0.717, 1.165) is 10.8 Å². The Morgan fingerprint density at radius 2 is 1.59 bits per heavy atom. The molecule has 1 aliphatic rings. The van der Waals surface area contributed by atoms with Crippen molar-refractivity contribution in [2.75, 3.05) is 11.4 Å². The molecule has 8 heteroatoms. The predicted octanol–water partition coefficient (Wildman–Crippen LogP) is 5.05. The van der Waals surface area contributed by atoms with Gasteiger partial charge in [0.15, 0.2) is 0 Å². The molecule has 6 nitrogen and oxygen atoms in total. The van der Waals surface area contributed by atoms with Gasteiger partial charge < -0.3 is 10.2 Å². The number of benzene rings is 3. The number of hydrogen-bond acceptors (Lipinski definition) is 3. The number of hydrogen-bond donors (Lipinski definition) is 1. The second kappa shape index (κ2) is 9.65. The van der Waals surface area contributed by atoms with E-state index in [1.807, 2.05) is 44.2 Å². The molecule has 0 aromatic heterocycles. The Bertz CT molecular complexity index is 1270. The SMILES string of the molecule is CC(C)NC(=O)C(C)N(Cc1c(Cl)cccc1Cl)C(=O)CN1C(=O)c2cccc3cccc1c23. The molecule has 1 aliphatic heterocycles. The summed E-state index contributed by atoms with van der Waals surface area (Å²) in [5.41, 5.74) is 1.79. The first-order valence-corrected chi connectivity index (χ1v) is 11.8. The zero-order valence-electron chi connectivity index (χ0n) is 19.1. The second-order valence-corrected chi connectivity index (χ2v) is 9.45. The van der Waals surface area contributed by atoms with Crippen molar-refractivity contribution in [3.05, 3.63) is 75.8 Å². The molecule has 176 valence electrons. The van der Waals surface area contributed by atoms with E-state index in [2.05, 4.69) is 5.32 Å². The third-order valence-electron chi connectivity index (χ3n) is 5.93. The Labute approximate surface area is 208 Å². The van der Waals surface area contributed by atoms with Crippen LogP contribution in [-0.4, -0.2) is 41.2 Å². The van der Waals surface area contributed by atoms with Crippen LogP contribution in [0.25, 0.3) is 10.8 Å². The lowest BCUT2D eigenvalue weighted by atomic mass is 10.1. The van der Waals surface area contributed by atoms with Crippen molar-refractivity contribution < 1.29 is 14.4 Å². The van der Waals surface area contributed by atoms with Crippen LogP contribution >= 0.6 is 23.2 Å². The Hall–Kier alpha value is -3.09. The molecule has 1 unspecified atom stereocenters. The standard InChI is InChI=1S/C26H25Cl2N3O3/c1-15(2)29-25(33)16(3)30(13-19-20(27)10-6-11-21(19)28)23(32)14-31-22-12-5-8-17-7-4-9-18(24(17)22)26(31)34/h4-12,15-16H,13-14H2,1-3H3,(H,29,33). The first kappa shape index (κ1) is 24.0. The van der Waals surface area contributed by atoms with Crippen molar-refractivity contribution in [3.63, 3.8) is 0 Å². The molecule has 34 heavy (non-hydrogen) atoms. The maximum Gasteiger partial charge on any atom is 0.259 e. The van der Waals surface area contributed by atoms with Crippen LogP contribution in [0.2, 0.25) is 10.0 Å². The van der Waals surface area contributed by atoms with E-state index in [0.29, 0.717) is 26.9 Å². The van der Waals surface area contributed by atoms with E-state index in [9.17, 15) is 14.4 Å². The number of amides is 3. The first-order chi connectivity index (χ1) is 16.2. The number of carbonyl (C=O) groups is 3. The highest BCUT2D eigenvalue weighted by atomic mass is 35.5. The minimum atomic E-state index is -0.807. The predicted molar refractivity (Wildman–Crippen MR) is 135 cm³/mol. The van der Waals surface area contributed by atoms with E-state index in [1.165, 1.54) is 9.80 Å². The second-order valence-electron chi connectivity index (χ2n) is 8.63. The smallest absolute Gasteiger partial charge is 0.259 e. The van der Waals surface area contributed by atoms with Gasteiger partial charge in [-0.15, -0.1) is 0 Å². The van der Waals surface area contributed by atoms with E-state index in [-0.39, 0.29) is 36.9 Å². The number of rotatable bonds is 7. The van der Waals surface area contributed by atoms with E-state index < -0.39 is 6.04 Å². The van der Waals surface area contributed by atoms with Crippen LogP contribution in [0.5, 0.6) is 0 Å². The number of halogens is 2. The van der Waals surface area contributed by atoms with E-state index >= 15 is 0 Å². The highest BCUT2D eigenvalue weighted by molar-refractivity contribution is 6.36. The van der Waals surface area contributed by atoms with Crippen molar-refractivity contribution in [1.82, 2.24) is 10.2 Å². The summed E-state index contributed by atoms with van der Waals surface area (Å²) < 4.78 is 0. The Morgan fingerprint density at radius 3 is 2.24 bits per heavy atom. The highest BCUT2D eigenvalue weighted by Crippen LogP contribution is 2.37. The highest BCUT2D eigenvalue weighted by Gasteiger charge is 2.34. The summed E-state index contributed by atoms with van der Waals surface area (Å²) >= 11 is 12.7. The monoisotopic (exact) mass is 497 g/mol. The molecule has 0 fully saturated rings. The molecular formula is C26H25Cl2N3O3. The molecule has 0 bridgehead atoms. The van der Waals surface area contributed by atoms with Crippen molar-refractivity contribution in [2.24, 2.45) is 0 Å². The van der Waals surface area contributed by atoms with Crippen LogP contribution < -0.4 is 10.2 Å². The molecule has 3 amide bonds. The Kier molecular flexibility index (Phi) is 6.82. The topological polar surface area (TPSA) is 69.7 Å². The van der Waals surface area contributed by atoms with E-state index in [1.54, 1.807) is 31.2 Å². The van der Waals surface area contributed by atoms with Crippen LogP contribution in [0.3, 0.4) is 0 Å². The van der Waals surface area contributed by atoms with Crippen LogP contribution in [0.15, 0.2) is 54.6 Å². The molecule has 0 radical (unpaired) electrons. The van der Waals surface area contributed by atoms with Crippen LogP contribution in [0.1, 0.15) is 36.7 Å². The molecule has 1 N–H and O–H groups in total. The molecule has 3 aromatic carbocycles. The summed E-state index contributed by atoms with van der Waals surface area (Å²) in [6, 6.07) is 15.3. The summed E-state index contributed by atoms with van der Waals surface area (Å²) in [5, 5.41) is 5.41. The summed E-state index contributed by atoms with van der Waals surface area (Å²) in [6.45, 7) is 5.17. The average molecular weight is 498 g/mol. The largest absolute Gasteiger partial charge is 0.352 e. The van der Waals surface area contributed by atoms with Gasteiger partial charge in [0.25, 0.3) is 5.91 Å². The lowest BCUT2D eigenvalue weighted by Gasteiger charge is -2.31. The minimum Gasteiger partial charge on any atom is -0.352 e. The molecular weight excluding hydrogens is 473 g/mol. The lowest BCUT2D eigenvalue weighted by Crippen LogP contribution is -2.52. The summed E-state index contributed by atoms with van der Waals surface area (Å²) in [5.74, 6) is -0.930. The summed E-state index contributed by atoms with van der Waals surface area (Å²) in [4.78, 5) is 42.6. The van der Waals surface area contributed by atoms with Gasteiger partial charge in [0, 0.05) is 39.1 Å². The molecule has 1 atom stereocenters. The third-order valence-corrected chi connectivity index (χ3v) is 6.64. The molecule has 3 aromatic rings. The average Bonchev–Trinajstić information content (AvgIpc) is 3.06. The number of anilines is 1. The van der Waals surface area contributed by atoms with Crippen molar-refractivity contribution in [2.45, 2.75) is 39.4 Å². The van der Waals surface area contributed by atoms with Crippen LogP contribution in [0, 0.1) is 0 Å².